The van der Waals surface area contributed by atoms with Crippen LogP contribution in [-0.4, -0.2) is 10.9 Å². The van der Waals surface area contributed by atoms with Crippen molar-refractivity contribution in [2.75, 3.05) is 5.32 Å². The Labute approximate surface area is 144 Å². The predicted octanol–water partition coefficient (Wildman–Crippen LogP) is 4.17. The summed E-state index contributed by atoms with van der Waals surface area (Å²) in [6.45, 7) is 2.04. The Kier molecular flexibility index (Phi) is 4.69. The van der Waals surface area contributed by atoms with E-state index < -0.39 is 0 Å². The first-order valence-corrected chi connectivity index (χ1v) is 8.33. The number of anilines is 1. The van der Waals surface area contributed by atoms with Gasteiger partial charge in [0.25, 0.3) is 0 Å². The van der Waals surface area contributed by atoms with E-state index in [9.17, 15) is 4.79 Å². The van der Waals surface area contributed by atoms with Crippen LogP contribution in [-0.2, 0) is 11.2 Å². The molecule has 0 aliphatic carbocycles. The molecular weight excluding hydrogens is 318 g/mol. The average molecular weight is 333 g/mol. The first kappa shape index (κ1) is 15.9. The highest BCUT2D eigenvalue weighted by Crippen LogP contribution is 2.24. The van der Waals surface area contributed by atoms with Crippen LogP contribution in [0, 0.1) is 18.3 Å². The Morgan fingerprint density at radius 1 is 1.25 bits per heavy atom. The predicted molar refractivity (Wildman–Crippen MR) is 95.8 cm³/mol. The van der Waals surface area contributed by atoms with Crippen molar-refractivity contribution in [1.29, 1.82) is 5.26 Å². The molecule has 0 aliphatic rings. The Hall–Kier alpha value is -2.97. The lowest BCUT2D eigenvalue weighted by Crippen LogP contribution is -2.14. The van der Waals surface area contributed by atoms with Gasteiger partial charge in [-0.2, -0.15) is 5.26 Å². The van der Waals surface area contributed by atoms with E-state index in [1.807, 2.05) is 30.5 Å². The molecule has 24 heavy (non-hydrogen) atoms. The van der Waals surface area contributed by atoms with E-state index in [4.69, 9.17) is 5.26 Å². The van der Waals surface area contributed by atoms with Gasteiger partial charge in [-0.05, 0) is 31.2 Å². The number of thiazole rings is 1. The van der Waals surface area contributed by atoms with Crippen molar-refractivity contribution in [3.63, 3.8) is 0 Å². The fraction of sp³-hybridized carbons (Fsp3) is 0.105. The molecule has 1 heterocycles. The molecule has 0 aliphatic heterocycles. The first-order chi connectivity index (χ1) is 11.6. The third-order valence-electron chi connectivity index (χ3n) is 3.43. The number of rotatable bonds is 4. The Morgan fingerprint density at radius 2 is 2.08 bits per heavy atom. The lowest BCUT2D eigenvalue weighted by atomic mass is 10.1. The van der Waals surface area contributed by atoms with Gasteiger partial charge in [0, 0.05) is 16.6 Å². The fourth-order valence-corrected chi connectivity index (χ4v) is 3.15. The van der Waals surface area contributed by atoms with E-state index in [0.717, 1.165) is 16.3 Å². The monoisotopic (exact) mass is 333 g/mol. The number of benzene rings is 2. The van der Waals surface area contributed by atoms with Gasteiger partial charge >= 0.3 is 0 Å². The number of carbonyl (C=O) groups excluding carboxylic acids is 1. The van der Waals surface area contributed by atoms with Crippen molar-refractivity contribution in [2.24, 2.45) is 0 Å². The summed E-state index contributed by atoms with van der Waals surface area (Å²) in [6.07, 6.45) is 0.207. The highest BCUT2D eigenvalue weighted by molar-refractivity contribution is 7.13. The van der Waals surface area contributed by atoms with Gasteiger partial charge in [-0.25, -0.2) is 4.98 Å². The van der Waals surface area contributed by atoms with Crippen molar-refractivity contribution in [1.82, 2.24) is 4.98 Å². The number of hydrogen-bond acceptors (Lipinski definition) is 4. The van der Waals surface area contributed by atoms with E-state index in [1.165, 1.54) is 16.9 Å². The van der Waals surface area contributed by atoms with E-state index in [-0.39, 0.29) is 12.3 Å². The molecule has 5 heteroatoms. The molecule has 0 atom stereocenters. The minimum absolute atomic E-state index is 0.147. The lowest BCUT2D eigenvalue weighted by Gasteiger charge is -2.04. The van der Waals surface area contributed by atoms with Crippen molar-refractivity contribution in [3.05, 3.63) is 70.7 Å². The SMILES string of the molecule is Cc1cccc(-c2nc(CC(=O)Nc3cccc(C#N)c3)cs2)c1. The van der Waals surface area contributed by atoms with Crippen molar-refractivity contribution in [3.8, 4) is 16.6 Å². The summed E-state index contributed by atoms with van der Waals surface area (Å²) in [5.74, 6) is -0.147. The molecule has 118 valence electrons. The van der Waals surface area contributed by atoms with Crippen LogP contribution in [0.5, 0.6) is 0 Å². The van der Waals surface area contributed by atoms with E-state index >= 15 is 0 Å². The molecule has 0 radical (unpaired) electrons. The number of amides is 1. The molecule has 1 aromatic heterocycles. The summed E-state index contributed by atoms with van der Waals surface area (Å²) >= 11 is 1.53. The van der Waals surface area contributed by atoms with Crippen LogP contribution in [0.25, 0.3) is 10.6 Å². The van der Waals surface area contributed by atoms with Gasteiger partial charge in [0.05, 0.1) is 23.7 Å². The van der Waals surface area contributed by atoms with E-state index in [1.54, 1.807) is 24.3 Å². The fourth-order valence-electron chi connectivity index (χ4n) is 2.34. The van der Waals surface area contributed by atoms with Crippen LogP contribution in [0.4, 0.5) is 5.69 Å². The van der Waals surface area contributed by atoms with Crippen molar-refractivity contribution in [2.45, 2.75) is 13.3 Å². The number of carbonyl (C=O) groups is 1. The van der Waals surface area contributed by atoms with E-state index in [0.29, 0.717) is 11.3 Å². The summed E-state index contributed by atoms with van der Waals surface area (Å²) in [4.78, 5) is 16.7. The highest BCUT2D eigenvalue weighted by Gasteiger charge is 2.10. The smallest absolute Gasteiger partial charge is 0.230 e. The maximum absolute atomic E-state index is 12.2. The number of nitrogens with zero attached hydrogens (tertiary/aromatic N) is 2. The van der Waals surface area contributed by atoms with Gasteiger partial charge in [0.15, 0.2) is 0 Å². The molecule has 0 unspecified atom stereocenters. The van der Waals surface area contributed by atoms with Crippen LogP contribution >= 0.6 is 11.3 Å². The van der Waals surface area contributed by atoms with Gasteiger partial charge < -0.3 is 5.32 Å². The maximum Gasteiger partial charge on any atom is 0.230 e. The van der Waals surface area contributed by atoms with Crippen LogP contribution in [0.15, 0.2) is 53.9 Å². The Bertz CT molecular complexity index is 924. The number of nitriles is 1. The molecule has 0 saturated carbocycles. The second-order valence-corrected chi connectivity index (χ2v) is 6.29. The minimum atomic E-state index is -0.147. The Morgan fingerprint density at radius 3 is 2.88 bits per heavy atom. The quantitative estimate of drug-likeness (QED) is 0.779. The Balaban J connectivity index is 1.68. The molecule has 2 aromatic carbocycles. The topological polar surface area (TPSA) is 65.8 Å². The third-order valence-corrected chi connectivity index (χ3v) is 4.37. The second kappa shape index (κ2) is 7.07. The molecular formula is C19H15N3OS. The average Bonchev–Trinajstić information content (AvgIpc) is 3.03. The zero-order valence-corrected chi connectivity index (χ0v) is 13.9. The molecule has 3 rings (SSSR count). The van der Waals surface area contributed by atoms with Crippen molar-refractivity contribution < 1.29 is 4.79 Å². The molecule has 0 spiro atoms. The maximum atomic E-state index is 12.2. The summed E-state index contributed by atoms with van der Waals surface area (Å²) in [7, 11) is 0. The largest absolute Gasteiger partial charge is 0.326 e. The summed E-state index contributed by atoms with van der Waals surface area (Å²) in [5, 5.41) is 14.5. The second-order valence-electron chi connectivity index (χ2n) is 5.43. The summed E-state index contributed by atoms with van der Waals surface area (Å²) in [5.41, 5.74) is 4.12. The lowest BCUT2D eigenvalue weighted by molar-refractivity contribution is -0.115. The number of aryl methyl sites for hydroxylation is 1. The number of hydrogen-bond donors (Lipinski definition) is 1. The minimum Gasteiger partial charge on any atom is -0.326 e. The van der Waals surface area contributed by atoms with Gasteiger partial charge in [-0.1, -0.05) is 29.8 Å². The highest BCUT2D eigenvalue weighted by atomic mass is 32.1. The molecule has 0 fully saturated rings. The van der Waals surface area contributed by atoms with Gasteiger partial charge in [0.1, 0.15) is 5.01 Å². The zero-order valence-electron chi connectivity index (χ0n) is 13.1. The van der Waals surface area contributed by atoms with Crippen LogP contribution in [0.1, 0.15) is 16.8 Å². The van der Waals surface area contributed by atoms with Gasteiger partial charge in [-0.3, -0.25) is 4.79 Å². The van der Waals surface area contributed by atoms with E-state index in [2.05, 4.69) is 22.4 Å². The zero-order chi connectivity index (χ0) is 16.9. The molecule has 4 nitrogen and oxygen atoms in total. The normalized spacial score (nSPS) is 10.2. The number of aromatic nitrogens is 1. The molecule has 1 amide bonds. The third kappa shape index (κ3) is 3.86. The van der Waals surface area contributed by atoms with Crippen LogP contribution in [0.3, 0.4) is 0 Å². The van der Waals surface area contributed by atoms with Gasteiger partial charge in [0.2, 0.25) is 5.91 Å². The molecule has 3 aromatic rings. The molecule has 0 bridgehead atoms. The molecule has 1 N–H and O–H groups in total. The number of nitrogens with one attached hydrogen (secondary N) is 1. The van der Waals surface area contributed by atoms with Crippen LogP contribution in [0.2, 0.25) is 0 Å². The molecule has 0 saturated heterocycles. The first-order valence-electron chi connectivity index (χ1n) is 7.45. The van der Waals surface area contributed by atoms with Crippen LogP contribution < -0.4 is 5.32 Å². The summed E-state index contributed by atoms with van der Waals surface area (Å²) in [6, 6.07) is 17.0. The van der Waals surface area contributed by atoms with Gasteiger partial charge in [-0.15, -0.1) is 11.3 Å². The summed E-state index contributed by atoms with van der Waals surface area (Å²) < 4.78 is 0. The standard InChI is InChI=1S/C19H15N3OS/c1-13-4-2-6-15(8-13)19-22-17(12-24-19)10-18(23)21-16-7-3-5-14(9-16)11-20/h2-9,12H,10H2,1H3,(H,21,23). The van der Waals surface area contributed by atoms with Crippen molar-refractivity contribution >= 4 is 22.9 Å².